The predicted molar refractivity (Wildman–Crippen MR) is 90.8 cm³/mol. The quantitative estimate of drug-likeness (QED) is 0.699. The molecule has 2 aromatic rings. The summed E-state index contributed by atoms with van der Waals surface area (Å²) in [7, 11) is 0.829. The lowest BCUT2D eigenvalue weighted by atomic mass is 10.2. The maximum Gasteiger partial charge on any atom is 0.239 e. The van der Waals surface area contributed by atoms with E-state index in [9.17, 15) is 8.42 Å². The maximum absolute atomic E-state index is 12.5. The highest BCUT2D eigenvalue weighted by Crippen LogP contribution is 2.28. The third kappa shape index (κ3) is 3.87. The molecule has 0 aliphatic heterocycles. The van der Waals surface area contributed by atoms with Gasteiger partial charge in [-0.25, -0.2) is 12.4 Å². The third-order valence-corrected chi connectivity index (χ3v) is 6.32. The van der Waals surface area contributed by atoms with Gasteiger partial charge in [0.15, 0.2) is 0 Å². The monoisotopic (exact) mass is 328 g/mol. The summed E-state index contributed by atoms with van der Waals surface area (Å²) in [5.74, 6) is 0.232. The molecule has 4 nitrogen and oxygen atoms in total. The highest BCUT2D eigenvalue weighted by atomic mass is 32.2. The molecule has 0 atom stereocenters. The van der Waals surface area contributed by atoms with Gasteiger partial charge in [-0.1, -0.05) is 19.8 Å². The van der Waals surface area contributed by atoms with Gasteiger partial charge in [0.2, 0.25) is 10.0 Å². The Morgan fingerprint density at radius 1 is 1.29 bits per heavy atom. The molecule has 0 aromatic carbocycles. The molecular formula is C15H24N2O2S2. The number of hydrogen-bond donors (Lipinski definition) is 0. The lowest BCUT2D eigenvalue weighted by Crippen LogP contribution is -2.16. The predicted octanol–water partition coefficient (Wildman–Crippen LogP) is 3.18. The Morgan fingerprint density at radius 3 is 2.71 bits per heavy atom. The molecule has 0 saturated heterocycles. The van der Waals surface area contributed by atoms with Crippen LogP contribution in [0.3, 0.4) is 0 Å². The number of thiophene rings is 1. The first-order valence-electron chi connectivity index (χ1n) is 7.41. The molecule has 2 rings (SSSR count). The molecule has 2 aromatic heterocycles. The van der Waals surface area contributed by atoms with Gasteiger partial charge in [-0.15, -0.1) is 11.3 Å². The van der Waals surface area contributed by atoms with E-state index in [-0.39, 0.29) is 5.75 Å². The summed E-state index contributed by atoms with van der Waals surface area (Å²) in [5, 5.41) is 3.06. The molecule has 0 fully saturated rings. The average Bonchev–Trinajstić information content (AvgIpc) is 2.98. The fraction of sp³-hybridized carbons (Fsp3) is 0.600. The van der Waals surface area contributed by atoms with Crippen molar-refractivity contribution in [1.82, 2.24) is 8.87 Å². The lowest BCUT2D eigenvalue weighted by Gasteiger charge is -2.08. The Balaban J connectivity index is 2.29. The van der Waals surface area contributed by atoms with E-state index >= 15 is 0 Å². The minimum absolute atomic E-state index is 0.232. The van der Waals surface area contributed by atoms with Crippen molar-refractivity contribution in [3.05, 3.63) is 23.2 Å². The smallest absolute Gasteiger partial charge is 0.239 e. The van der Waals surface area contributed by atoms with Crippen LogP contribution in [0.1, 0.15) is 31.7 Å². The molecule has 0 unspecified atom stereocenters. The molecule has 118 valence electrons. The topological polar surface area (TPSA) is 42.3 Å². The Hall–Kier alpha value is -0.850. The molecule has 0 bridgehead atoms. The standard InChI is InChI=1S/C15H24N2O2S2/c1-4-5-6-11-21(18,19)17-12-13(7-9-16(2)3)14-8-10-20-15(14)17/h8,10,12H,4-7,9,11H2,1-3H3. The van der Waals surface area contributed by atoms with Crippen molar-refractivity contribution in [1.29, 1.82) is 0 Å². The number of unbranched alkanes of at least 4 members (excludes halogenated alkanes) is 2. The number of nitrogens with zero attached hydrogens (tertiary/aromatic N) is 2. The van der Waals surface area contributed by atoms with Crippen molar-refractivity contribution in [2.75, 3.05) is 26.4 Å². The van der Waals surface area contributed by atoms with Crippen molar-refractivity contribution in [2.45, 2.75) is 32.6 Å². The second kappa shape index (κ2) is 6.94. The molecule has 0 radical (unpaired) electrons. The highest BCUT2D eigenvalue weighted by molar-refractivity contribution is 7.90. The summed E-state index contributed by atoms with van der Waals surface area (Å²) in [6.45, 7) is 3.00. The number of aromatic nitrogens is 1. The van der Waals surface area contributed by atoms with E-state index in [1.54, 1.807) is 0 Å². The van der Waals surface area contributed by atoms with E-state index in [0.717, 1.165) is 48.0 Å². The van der Waals surface area contributed by atoms with Crippen molar-refractivity contribution in [3.63, 3.8) is 0 Å². The summed E-state index contributed by atoms with van der Waals surface area (Å²) in [4.78, 5) is 2.98. The van der Waals surface area contributed by atoms with Gasteiger partial charge in [-0.2, -0.15) is 0 Å². The van der Waals surface area contributed by atoms with Gasteiger partial charge in [0.1, 0.15) is 4.83 Å². The van der Waals surface area contributed by atoms with E-state index < -0.39 is 10.0 Å². The molecule has 0 aliphatic carbocycles. The van der Waals surface area contributed by atoms with Gasteiger partial charge in [0, 0.05) is 18.1 Å². The number of rotatable bonds is 8. The minimum Gasteiger partial charge on any atom is -0.309 e. The van der Waals surface area contributed by atoms with Crippen LogP contribution in [-0.4, -0.2) is 43.7 Å². The molecular weight excluding hydrogens is 304 g/mol. The fourth-order valence-corrected chi connectivity index (χ4v) is 5.06. The zero-order valence-corrected chi connectivity index (χ0v) is 14.6. The van der Waals surface area contributed by atoms with Gasteiger partial charge in [0.25, 0.3) is 0 Å². The van der Waals surface area contributed by atoms with Crippen LogP contribution in [-0.2, 0) is 16.4 Å². The maximum atomic E-state index is 12.5. The second-order valence-corrected chi connectivity index (χ2v) is 8.53. The first-order chi connectivity index (χ1) is 9.95. The number of fused-ring (bicyclic) bond motifs is 1. The van der Waals surface area contributed by atoms with Gasteiger partial charge < -0.3 is 4.90 Å². The molecule has 0 amide bonds. The van der Waals surface area contributed by atoms with Crippen molar-refractivity contribution in [3.8, 4) is 0 Å². The van der Waals surface area contributed by atoms with Crippen LogP contribution in [0.5, 0.6) is 0 Å². The van der Waals surface area contributed by atoms with Crippen LogP contribution in [0.4, 0.5) is 0 Å². The summed E-state index contributed by atoms with van der Waals surface area (Å²) in [5.41, 5.74) is 1.12. The molecule has 21 heavy (non-hydrogen) atoms. The summed E-state index contributed by atoms with van der Waals surface area (Å²) >= 11 is 1.51. The van der Waals surface area contributed by atoms with Crippen molar-refractivity contribution < 1.29 is 8.42 Å². The first-order valence-corrected chi connectivity index (χ1v) is 9.90. The Bertz CT molecular complexity index is 684. The lowest BCUT2D eigenvalue weighted by molar-refractivity contribution is 0.414. The van der Waals surface area contributed by atoms with E-state index in [1.807, 2.05) is 31.7 Å². The Labute approximate surface area is 131 Å². The van der Waals surface area contributed by atoms with Gasteiger partial charge >= 0.3 is 0 Å². The molecule has 0 N–H and O–H groups in total. The number of likely N-dealkylation sites (N-methyl/N-ethyl adjacent to an activating group) is 1. The van der Waals surface area contributed by atoms with Gasteiger partial charge in [-0.3, -0.25) is 0 Å². The summed E-state index contributed by atoms with van der Waals surface area (Å²) in [6.07, 6.45) is 5.42. The van der Waals surface area contributed by atoms with Crippen LogP contribution >= 0.6 is 11.3 Å². The molecule has 0 spiro atoms. The average molecular weight is 329 g/mol. The second-order valence-electron chi connectivity index (χ2n) is 5.67. The van der Waals surface area contributed by atoms with E-state index in [0.29, 0.717) is 0 Å². The van der Waals surface area contributed by atoms with Gasteiger partial charge in [0.05, 0.1) is 5.75 Å². The van der Waals surface area contributed by atoms with Crippen molar-refractivity contribution >= 4 is 31.6 Å². The van der Waals surface area contributed by atoms with E-state index in [2.05, 4.69) is 11.8 Å². The normalized spacial score (nSPS) is 12.6. The van der Waals surface area contributed by atoms with Crippen LogP contribution in [0.15, 0.2) is 17.6 Å². The molecule has 2 heterocycles. The first kappa shape index (κ1) is 16.5. The zero-order valence-electron chi connectivity index (χ0n) is 13.0. The zero-order chi connectivity index (χ0) is 15.5. The SMILES string of the molecule is CCCCCS(=O)(=O)n1cc(CCN(C)C)c2ccsc21. The third-order valence-electron chi connectivity index (χ3n) is 3.60. The summed E-state index contributed by atoms with van der Waals surface area (Å²) in [6, 6.07) is 2.03. The Kier molecular flexibility index (Phi) is 5.46. The highest BCUT2D eigenvalue weighted by Gasteiger charge is 2.19. The molecule has 0 saturated carbocycles. The minimum atomic E-state index is -3.23. The largest absolute Gasteiger partial charge is 0.309 e. The van der Waals surface area contributed by atoms with E-state index in [1.165, 1.54) is 15.3 Å². The molecule has 0 aliphatic rings. The van der Waals surface area contributed by atoms with Crippen LogP contribution < -0.4 is 0 Å². The van der Waals surface area contributed by atoms with Crippen LogP contribution in [0.2, 0.25) is 0 Å². The van der Waals surface area contributed by atoms with E-state index in [4.69, 9.17) is 0 Å². The number of hydrogen-bond acceptors (Lipinski definition) is 4. The van der Waals surface area contributed by atoms with Crippen molar-refractivity contribution in [2.24, 2.45) is 0 Å². The fourth-order valence-electron chi connectivity index (χ4n) is 2.37. The van der Waals surface area contributed by atoms with Gasteiger partial charge in [-0.05, 0) is 43.9 Å². The Morgan fingerprint density at radius 2 is 2.05 bits per heavy atom. The molecule has 6 heteroatoms. The van der Waals surface area contributed by atoms with Crippen LogP contribution in [0, 0.1) is 0 Å². The summed E-state index contributed by atoms with van der Waals surface area (Å²) < 4.78 is 26.6. The van der Waals surface area contributed by atoms with Crippen LogP contribution in [0.25, 0.3) is 10.2 Å².